The predicted molar refractivity (Wildman–Crippen MR) is 98.4 cm³/mol. The molecule has 0 spiro atoms. The molecule has 0 radical (unpaired) electrons. The Hall–Kier alpha value is -2.29. The molecular weight excluding hydrogens is 298 g/mol. The van der Waals surface area contributed by atoms with Crippen LogP contribution in [0.3, 0.4) is 0 Å². The first-order chi connectivity index (χ1) is 11.4. The molecule has 0 heterocycles. The molecule has 2 rings (SSSR count). The highest BCUT2D eigenvalue weighted by Gasteiger charge is 2.21. The summed E-state index contributed by atoms with van der Waals surface area (Å²) in [6.07, 6.45) is 0.139. The second-order valence-corrected chi connectivity index (χ2v) is 6.42. The predicted octanol–water partition coefficient (Wildman–Crippen LogP) is 4.65. The first-order valence-electron chi connectivity index (χ1n) is 8.51. The van der Waals surface area contributed by atoms with Gasteiger partial charge < -0.3 is 10.1 Å². The number of ether oxygens (including phenoxy) is 1. The van der Waals surface area contributed by atoms with Gasteiger partial charge in [-0.3, -0.25) is 4.79 Å². The molecule has 0 unspecified atom stereocenters. The molecule has 0 saturated carbocycles. The minimum Gasteiger partial charge on any atom is -0.481 e. The molecule has 128 valence electrons. The summed E-state index contributed by atoms with van der Waals surface area (Å²) in [4.78, 5) is 12.6. The van der Waals surface area contributed by atoms with Crippen molar-refractivity contribution in [2.24, 2.45) is 0 Å². The van der Waals surface area contributed by atoms with E-state index in [1.807, 2.05) is 45.0 Å². The molecule has 0 aliphatic carbocycles. The Bertz CT molecular complexity index is 691. The fourth-order valence-corrected chi connectivity index (χ4v) is 2.80. The largest absolute Gasteiger partial charge is 0.481 e. The minimum atomic E-state index is -0.485. The van der Waals surface area contributed by atoms with Crippen LogP contribution < -0.4 is 10.1 Å². The van der Waals surface area contributed by atoms with Crippen molar-refractivity contribution in [3.05, 3.63) is 64.7 Å². The maximum absolute atomic E-state index is 12.6. The van der Waals surface area contributed by atoms with Gasteiger partial charge in [0, 0.05) is 0 Å². The van der Waals surface area contributed by atoms with Gasteiger partial charge >= 0.3 is 0 Å². The topological polar surface area (TPSA) is 38.3 Å². The lowest BCUT2D eigenvalue weighted by Crippen LogP contribution is -2.39. The molecule has 2 aromatic carbocycles. The summed E-state index contributed by atoms with van der Waals surface area (Å²) in [6, 6.07) is 14.0. The molecule has 24 heavy (non-hydrogen) atoms. The molecule has 3 nitrogen and oxygen atoms in total. The van der Waals surface area contributed by atoms with Crippen molar-refractivity contribution in [2.75, 3.05) is 0 Å². The Morgan fingerprint density at radius 3 is 2.25 bits per heavy atom. The van der Waals surface area contributed by atoms with E-state index in [4.69, 9.17) is 4.74 Å². The van der Waals surface area contributed by atoms with Crippen LogP contribution in [0.5, 0.6) is 5.75 Å². The number of hydrogen-bond acceptors (Lipinski definition) is 2. The Morgan fingerprint density at radius 1 is 1.04 bits per heavy atom. The van der Waals surface area contributed by atoms with Crippen LogP contribution in [0.2, 0.25) is 0 Å². The zero-order chi connectivity index (χ0) is 17.7. The Kier molecular flexibility index (Phi) is 6.02. The summed E-state index contributed by atoms with van der Waals surface area (Å²) in [5.74, 6) is 0.646. The molecule has 2 aromatic rings. The van der Waals surface area contributed by atoms with Gasteiger partial charge in [-0.25, -0.2) is 0 Å². The normalized spacial score (nSPS) is 13.2. The molecule has 3 heteroatoms. The van der Waals surface area contributed by atoms with Gasteiger partial charge in [-0.2, -0.15) is 0 Å². The molecule has 0 fully saturated rings. The fraction of sp³-hybridized carbons (Fsp3) is 0.381. The van der Waals surface area contributed by atoms with Gasteiger partial charge in [0.25, 0.3) is 5.91 Å². The average molecular weight is 325 g/mol. The Morgan fingerprint density at radius 2 is 1.67 bits per heavy atom. The van der Waals surface area contributed by atoms with Crippen LogP contribution in [-0.4, -0.2) is 12.0 Å². The summed E-state index contributed by atoms with van der Waals surface area (Å²) in [5.41, 5.74) is 4.72. The summed E-state index contributed by atoms with van der Waals surface area (Å²) >= 11 is 0. The van der Waals surface area contributed by atoms with Crippen molar-refractivity contribution in [1.82, 2.24) is 5.32 Å². The number of amides is 1. The van der Waals surface area contributed by atoms with E-state index >= 15 is 0 Å². The van der Waals surface area contributed by atoms with Gasteiger partial charge in [-0.1, -0.05) is 48.4 Å². The average Bonchev–Trinajstić information content (AvgIpc) is 2.54. The van der Waals surface area contributed by atoms with Crippen LogP contribution >= 0.6 is 0 Å². The molecule has 0 aliphatic rings. The fourth-order valence-electron chi connectivity index (χ4n) is 2.80. The maximum atomic E-state index is 12.6. The van der Waals surface area contributed by atoms with Gasteiger partial charge in [-0.15, -0.1) is 0 Å². The van der Waals surface area contributed by atoms with E-state index in [-0.39, 0.29) is 11.9 Å². The third kappa shape index (κ3) is 4.60. The first-order valence-corrected chi connectivity index (χ1v) is 8.51. The van der Waals surface area contributed by atoms with Crippen molar-refractivity contribution in [3.8, 4) is 5.75 Å². The molecule has 0 saturated heterocycles. The highest BCUT2D eigenvalue weighted by atomic mass is 16.5. The molecule has 2 atom stereocenters. The van der Waals surface area contributed by atoms with Crippen LogP contribution in [0.15, 0.2) is 42.5 Å². The second kappa shape index (κ2) is 8.00. The highest BCUT2D eigenvalue weighted by molar-refractivity contribution is 5.81. The van der Waals surface area contributed by atoms with Gasteiger partial charge in [0.15, 0.2) is 6.10 Å². The lowest BCUT2D eigenvalue weighted by molar-refractivity contribution is -0.128. The van der Waals surface area contributed by atoms with E-state index in [0.29, 0.717) is 6.42 Å². The lowest BCUT2D eigenvalue weighted by Gasteiger charge is -2.22. The summed E-state index contributed by atoms with van der Waals surface area (Å²) < 4.78 is 5.85. The van der Waals surface area contributed by atoms with Gasteiger partial charge in [-0.05, 0) is 57.4 Å². The molecular formula is C21H27NO2. The highest BCUT2D eigenvalue weighted by Crippen LogP contribution is 2.20. The van der Waals surface area contributed by atoms with Gasteiger partial charge in [0.1, 0.15) is 5.75 Å². The quantitative estimate of drug-likeness (QED) is 0.840. The first kappa shape index (κ1) is 18.1. The molecule has 1 amide bonds. The number of aryl methyl sites for hydroxylation is 3. The smallest absolute Gasteiger partial charge is 0.261 e. The zero-order valence-corrected chi connectivity index (χ0v) is 15.2. The van der Waals surface area contributed by atoms with E-state index in [1.54, 1.807) is 0 Å². The number of carbonyl (C=O) groups is 1. The Labute approximate surface area is 145 Å². The molecule has 0 aromatic heterocycles. The number of hydrogen-bond donors (Lipinski definition) is 1. The van der Waals surface area contributed by atoms with Crippen LogP contribution in [0, 0.1) is 20.8 Å². The third-order valence-electron chi connectivity index (χ3n) is 4.21. The summed E-state index contributed by atoms with van der Waals surface area (Å²) in [7, 11) is 0. The van der Waals surface area contributed by atoms with E-state index in [1.165, 1.54) is 16.7 Å². The van der Waals surface area contributed by atoms with Crippen molar-refractivity contribution in [1.29, 1.82) is 0 Å². The minimum absolute atomic E-state index is 0.0474. The van der Waals surface area contributed by atoms with E-state index in [9.17, 15) is 4.79 Å². The molecule has 1 N–H and O–H groups in total. The maximum Gasteiger partial charge on any atom is 0.261 e. The van der Waals surface area contributed by atoms with E-state index in [0.717, 1.165) is 11.3 Å². The van der Waals surface area contributed by atoms with Crippen LogP contribution in [0.25, 0.3) is 0 Å². The van der Waals surface area contributed by atoms with Crippen molar-refractivity contribution in [3.63, 3.8) is 0 Å². The standard InChI is InChI=1S/C21H27NO2/c1-6-20(24-18-10-7-14(2)8-11-18)21(23)22-17(5)19-12-9-15(3)13-16(19)4/h7-13,17,20H,6H2,1-5H3,(H,22,23)/t17-,20+/m1/s1. The SMILES string of the molecule is CC[C@H](Oc1ccc(C)cc1)C(=O)N[C@H](C)c1ccc(C)cc1C. The number of rotatable bonds is 6. The number of nitrogens with one attached hydrogen (secondary N) is 1. The Balaban J connectivity index is 2.04. The van der Waals surface area contributed by atoms with Crippen molar-refractivity contribution >= 4 is 5.91 Å². The summed E-state index contributed by atoms with van der Waals surface area (Å²) in [5, 5.41) is 3.08. The van der Waals surface area contributed by atoms with Crippen LogP contribution in [0.1, 0.15) is 48.6 Å². The molecule has 0 bridgehead atoms. The van der Waals surface area contributed by atoms with Crippen molar-refractivity contribution < 1.29 is 9.53 Å². The van der Waals surface area contributed by atoms with Crippen LogP contribution in [-0.2, 0) is 4.79 Å². The zero-order valence-electron chi connectivity index (χ0n) is 15.2. The monoisotopic (exact) mass is 325 g/mol. The second-order valence-electron chi connectivity index (χ2n) is 6.42. The lowest BCUT2D eigenvalue weighted by atomic mass is 10.00. The van der Waals surface area contributed by atoms with Crippen LogP contribution in [0.4, 0.5) is 0 Å². The van der Waals surface area contributed by atoms with Crippen molar-refractivity contribution in [2.45, 2.75) is 53.2 Å². The third-order valence-corrected chi connectivity index (χ3v) is 4.21. The van der Waals surface area contributed by atoms with Gasteiger partial charge in [0.05, 0.1) is 6.04 Å². The summed E-state index contributed by atoms with van der Waals surface area (Å²) in [6.45, 7) is 10.1. The molecule has 0 aliphatic heterocycles. The van der Waals surface area contributed by atoms with Gasteiger partial charge in [0.2, 0.25) is 0 Å². The number of benzene rings is 2. The van der Waals surface area contributed by atoms with E-state index in [2.05, 4.69) is 37.4 Å². The number of carbonyl (C=O) groups excluding carboxylic acids is 1. The van der Waals surface area contributed by atoms with E-state index < -0.39 is 6.10 Å².